The molecule has 2 aliphatic rings. The number of carbonyl (C=O) groups excluding carboxylic acids is 1. The molecule has 1 saturated heterocycles. The molecule has 0 aliphatic carbocycles. The first-order chi connectivity index (χ1) is 12.1. The maximum absolute atomic E-state index is 13.8. The van der Waals surface area contributed by atoms with Crippen molar-refractivity contribution in [2.75, 3.05) is 6.79 Å². The lowest BCUT2D eigenvalue weighted by Crippen LogP contribution is -2.27. The number of fused-ring (bicyclic) bond motifs is 1. The highest BCUT2D eigenvalue weighted by molar-refractivity contribution is 8.26. The van der Waals surface area contributed by atoms with E-state index in [1.54, 1.807) is 18.2 Å². The molecule has 0 N–H and O–H groups in total. The molecule has 0 atom stereocenters. The molecule has 2 heterocycles. The average molecular weight is 373 g/mol. The first-order valence-corrected chi connectivity index (χ1v) is 8.73. The van der Waals surface area contributed by atoms with E-state index in [4.69, 9.17) is 21.7 Å². The Balaban J connectivity index is 1.56. The van der Waals surface area contributed by atoms with Gasteiger partial charge in [-0.3, -0.25) is 9.69 Å². The molecular formula is C18H12FNO3S2. The summed E-state index contributed by atoms with van der Waals surface area (Å²) in [6.07, 6.45) is 1.54. The molecule has 2 aromatic rings. The molecular weight excluding hydrogens is 361 g/mol. The number of hydrogen-bond acceptors (Lipinski definition) is 5. The second-order valence-corrected chi connectivity index (χ2v) is 7.15. The highest BCUT2D eigenvalue weighted by Crippen LogP contribution is 2.36. The maximum Gasteiger partial charge on any atom is 0.266 e. The number of thioether (sulfide) groups is 1. The van der Waals surface area contributed by atoms with Crippen molar-refractivity contribution in [3.63, 3.8) is 0 Å². The number of rotatable bonds is 3. The standard InChI is InChI=1S/C18H12FNO3S2/c19-13-4-2-1-3-12(13)8-16-17(21)20(18(24)25-16)9-11-5-6-14-15(7-11)23-10-22-14/h1-8H,9-10H2/b16-8+. The van der Waals surface area contributed by atoms with Gasteiger partial charge in [-0.05, 0) is 29.8 Å². The highest BCUT2D eigenvalue weighted by Gasteiger charge is 2.32. The minimum absolute atomic E-state index is 0.200. The predicted molar refractivity (Wildman–Crippen MR) is 97.7 cm³/mol. The largest absolute Gasteiger partial charge is 0.454 e. The summed E-state index contributed by atoms with van der Waals surface area (Å²) in [6, 6.07) is 11.8. The van der Waals surface area contributed by atoms with E-state index in [0.717, 1.165) is 5.56 Å². The van der Waals surface area contributed by atoms with Crippen molar-refractivity contribution < 1.29 is 18.7 Å². The van der Waals surface area contributed by atoms with Crippen LogP contribution in [0.4, 0.5) is 4.39 Å². The number of thiocarbonyl (C=S) groups is 1. The Morgan fingerprint density at radius 2 is 2.00 bits per heavy atom. The fourth-order valence-electron chi connectivity index (χ4n) is 2.59. The average Bonchev–Trinajstić information content (AvgIpc) is 3.17. The zero-order valence-electron chi connectivity index (χ0n) is 12.9. The van der Waals surface area contributed by atoms with Gasteiger partial charge < -0.3 is 9.47 Å². The van der Waals surface area contributed by atoms with Crippen molar-refractivity contribution in [3.05, 3.63) is 64.3 Å². The molecule has 0 bridgehead atoms. The van der Waals surface area contributed by atoms with Crippen molar-refractivity contribution in [2.45, 2.75) is 6.54 Å². The second-order valence-electron chi connectivity index (χ2n) is 5.48. The Bertz CT molecular complexity index is 913. The van der Waals surface area contributed by atoms with Crippen LogP contribution in [-0.4, -0.2) is 21.9 Å². The van der Waals surface area contributed by atoms with Crippen LogP contribution in [0.25, 0.3) is 6.08 Å². The summed E-state index contributed by atoms with van der Waals surface area (Å²) in [4.78, 5) is 14.6. The SMILES string of the molecule is O=C1/C(=C\c2ccccc2F)SC(=S)N1Cc1ccc2c(c1)OCO2. The van der Waals surface area contributed by atoms with Crippen molar-refractivity contribution >= 4 is 40.3 Å². The predicted octanol–water partition coefficient (Wildman–Crippen LogP) is 3.96. The highest BCUT2D eigenvalue weighted by atomic mass is 32.2. The van der Waals surface area contributed by atoms with Crippen LogP contribution in [0.15, 0.2) is 47.4 Å². The van der Waals surface area contributed by atoms with Gasteiger partial charge in [0.15, 0.2) is 11.5 Å². The molecule has 1 fully saturated rings. The minimum atomic E-state index is -0.372. The molecule has 0 aromatic heterocycles. The Labute approximate surface area is 153 Å². The lowest BCUT2D eigenvalue weighted by molar-refractivity contribution is -0.122. The van der Waals surface area contributed by atoms with Gasteiger partial charge in [0.2, 0.25) is 6.79 Å². The van der Waals surface area contributed by atoms with Crippen LogP contribution >= 0.6 is 24.0 Å². The zero-order chi connectivity index (χ0) is 17.4. The van der Waals surface area contributed by atoms with Gasteiger partial charge in [0.25, 0.3) is 5.91 Å². The van der Waals surface area contributed by atoms with Crippen LogP contribution in [0.5, 0.6) is 11.5 Å². The lowest BCUT2D eigenvalue weighted by Gasteiger charge is -2.14. The molecule has 0 radical (unpaired) electrons. The lowest BCUT2D eigenvalue weighted by atomic mass is 10.1. The summed E-state index contributed by atoms with van der Waals surface area (Å²) in [7, 11) is 0. The Morgan fingerprint density at radius 3 is 2.84 bits per heavy atom. The molecule has 7 heteroatoms. The Kier molecular flexibility index (Phi) is 4.19. The Hall–Kier alpha value is -2.38. The fourth-order valence-corrected chi connectivity index (χ4v) is 3.84. The van der Waals surface area contributed by atoms with Crippen LogP contribution in [0.3, 0.4) is 0 Å². The summed E-state index contributed by atoms with van der Waals surface area (Å²) in [5.74, 6) is 0.748. The number of carbonyl (C=O) groups is 1. The van der Waals surface area contributed by atoms with Crippen molar-refractivity contribution in [3.8, 4) is 11.5 Å². The van der Waals surface area contributed by atoms with E-state index >= 15 is 0 Å². The summed E-state index contributed by atoms with van der Waals surface area (Å²) < 4.78 is 24.9. The number of benzene rings is 2. The number of hydrogen-bond donors (Lipinski definition) is 0. The molecule has 2 aromatic carbocycles. The van der Waals surface area contributed by atoms with E-state index in [2.05, 4.69) is 0 Å². The number of amides is 1. The molecule has 25 heavy (non-hydrogen) atoms. The molecule has 126 valence electrons. The summed E-state index contributed by atoms with van der Waals surface area (Å²) >= 11 is 6.50. The topological polar surface area (TPSA) is 38.8 Å². The van der Waals surface area contributed by atoms with Gasteiger partial charge in [0.05, 0.1) is 11.4 Å². The quantitative estimate of drug-likeness (QED) is 0.602. The van der Waals surface area contributed by atoms with Gasteiger partial charge in [0.1, 0.15) is 10.1 Å². The van der Waals surface area contributed by atoms with Gasteiger partial charge in [-0.25, -0.2) is 4.39 Å². The molecule has 0 saturated carbocycles. The number of ether oxygens (including phenoxy) is 2. The van der Waals surface area contributed by atoms with E-state index in [1.165, 1.54) is 28.8 Å². The van der Waals surface area contributed by atoms with E-state index < -0.39 is 0 Å². The van der Waals surface area contributed by atoms with Crippen molar-refractivity contribution in [1.29, 1.82) is 0 Å². The van der Waals surface area contributed by atoms with E-state index in [1.807, 2.05) is 18.2 Å². The van der Waals surface area contributed by atoms with Gasteiger partial charge in [-0.2, -0.15) is 0 Å². The van der Waals surface area contributed by atoms with Crippen LogP contribution in [-0.2, 0) is 11.3 Å². The van der Waals surface area contributed by atoms with E-state index in [-0.39, 0.29) is 18.5 Å². The third kappa shape index (κ3) is 3.12. The summed E-state index contributed by atoms with van der Waals surface area (Å²) in [5.41, 5.74) is 1.25. The van der Waals surface area contributed by atoms with Crippen molar-refractivity contribution in [1.82, 2.24) is 4.90 Å². The maximum atomic E-state index is 13.8. The Morgan fingerprint density at radius 1 is 1.20 bits per heavy atom. The first-order valence-electron chi connectivity index (χ1n) is 7.50. The second kappa shape index (κ2) is 6.50. The first kappa shape index (κ1) is 16.1. The molecule has 2 aliphatic heterocycles. The number of nitrogens with zero attached hydrogens (tertiary/aromatic N) is 1. The molecule has 0 unspecified atom stereocenters. The molecule has 1 amide bonds. The van der Waals surface area contributed by atoms with Crippen LogP contribution in [0.2, 0.25) is 0 Å². The van der Waals surface area contributed by atoms with Crippen molar-refractivity contribution in [2.24, 2.45) is 0 Å². The number of halogens is 1. The van der Waals surface area contributed by atoms with Gasteiger partial charge in [0, 0.05) is 5.56 Å². The summed E-state index contributed by atoms with van der Waals surface area (Å²) in [5, 5.41) is 0. The van der Waals surface area contributed by atoms with Gasteiger partial charge >= 0.3 is 0 Å². The third-order valence-corrected chi connectivity index (χ3v) is 5.22. The van der Waals surface area contributed by atoms with Crippen LogP contribution in [0.1, 0.15) is 11.1 Å². The minimum Gasteiger partial charge on any atom is -0.454 e. The normalized spacial score (nSPS) is 17.6. The fraction of sp³-hybridized carbons (Fsp3) is 0.111. The smallest absolute Gasteiger partial charge is 0.266 e. The van der Waals surface area contributed by atoms with Crippen LogP contribution in [0, 0.1) is 5.82 Å². The third-order valence-electron chi connectivity index (χ3n) is 3.84. The van der Waals surface area contributed by atoms with Gasteiger partial charge in [-0.1, -0.05) is 48.2 Å². The van der Waals surface area contributed by atoms with Crippen LogP contribution < -0.4 is 9.47 Å². The molecule has 4 rings (SSSR count). The molecule has 0 spiro atoms. The zero-order valence-corrected chi connectivity index (χ0v) is 14.5. The van der Waals surface area contributed by atoms with E-state index in [0.29, 0.717) is 32.8 Å². The summed E-state index contributed by atoms with van der Waals surface area (Å²) in [6.45, 7) is 0.529. The molecule has 4 nitrogen and oxygen atoms in total. The monoisotopic (exact) mass is 373 g/mol. The van der Waals surface area contributed by atoms with E-state index in [9.17, 15) is 9.18 Å². The van der Waals surface area contributed by atoms with Gasteiger partial charge in [-0.15, -0.1) is 0 Å².